The van der Waals surface area contributed by atoms with E-state index in [1.54, 1.807) is 13.0 Å². The Kier molecular flexibility index (Phi) is 8.91. The third-order valence-electron chi connectivity index (χ3n) is 2.46. The first-order valence-corrected chi connectivity index (χ1v) is 6.99. The Balaban J connectivity index is 2.28. The molecular weight excluding hydrogens is 272 g/mol. The lowest BCUT2D eigenvalue weighted by Gasteiger charge is -2.07. The van der Waals surface area contributed by atoms with E-state index in [9.17, 15) is 4.79 Å². The average Bonchev–Trinajstić information content (AvgIpc) is 2.50. The van der Waals surface area contributed by atoms with Crippen molar-refractivity contribution in [1.29, 1.82) is 0 Å². The Bertz CT molecular complexity index is 425. The highest BCUT2D eigenvalue weighted by atomic mass is 16.7. The second-order valence-electron chi connectivity index (χ2n) is 4.02. The highest BCUT2D eigenvalue weighted by molar-refractivity contribution is 5.87. The summed E-state index contributed by atoms with van der Waals surface area (Å²) in [6.07, 6.45) is 3.09. The molecule has 0 fully saturated rings. The van der Waals surface area contributed by atoms with Crippen molar-refractivity contribution in [2.45, 2.75) is 13.8 Å². The van der Waals surface area contributed by atoms with Gasteiger partial charge in [0, 0.05) is 12.7 Å². The molecule has 0 N–H and O–H groups in total. The average molecular weight is 294 g/mol. The molecule has 0 amide bonds. The molecule has 21 heavy (non-hydrogen) atoms. The van der Waals surface area contributed by atoms with Crippen molar-refractivity contribution in [2.75, 3.05) is 33.2 Å². The summed E-state index contributed by atoms with van der Waals surface area (Å²) in [6, 6.07) is 7.34. The van der Waals surface area contributed by atoms with E-state index in [1.807, 2.05) is 31.2 Å². The van der Waals surface area contributed by atoms with Crippen LogP contribution in [0.25, 0.3) is 6.08 Å². The summed E-state index contributed by atoms with van der Waals surface area (Å²) >= 11 is 0. The standard InChI is InChI=1S/C16H22O5/c1-3-18-11-12-19-13-21-15-8-5-14(6-9-15)7-10-16(17)20-4-2/h5-10H,3-4,11-13H2,1-2H3. The van der Waals surface area contributed by atoms with Crippen molar-refractivity contribution in [2.24, 2.45) is 0 Å². The van der Waals surface area contributed by atoms with Crippen LogP contribution < -0.4 is 4.74 Å². The quantitative estimate of drug-likeness (QED) is 0.287. The van der Waals surface area contributed by atoms with Gasteiger partial charge in [0.25, 0.3) is 0 Å². The Morgan fingerprint density at radius 1 is 1.05 bits per heavy atom. The molecule has 5 heteroatoms. The fourth-order valence-corrected chi connectivity index (χ4v) is 1.46. The minimum atomic E-state index is -0.347. The Morgan fingerprint density at radius 3 is 2.43 bits per heavy atom. The lowest BCUT2D eigenvalue weighted by atomic mass is 10.2. The van der Waals surface area contributed by atoms with E-state index in [-0.39, 0.29) is 12.8 Å². The molecule has 0 unspecified atom stereocenters. The first-order chi connectivity index (χ1) is 10.3. The van der Waals surface area contributed by atoms with Crippen molar-refractivity contribution in [3.63, 3.8) is 0 Å². The molecule has 0 radical (unpaired) electrons. The number of esters is 1. The van der Waals surface area contributed by atoms with E-state index < -0.39 is 0 Å². The van der Waals surface area contributed by atoms with Crippen LogP contribution in [0.4, 0.5) is 0 Å². The third kappa shape index (κ3) is 8.12. The lowest BCUT2D eigenvalue weighted by molar-refractivity contribution is -0.137. The number of rotatable bonds is 10. The molecular formula is C16H22O5. The minimum Gasteiger partial charge on any atom is -0.468 e. The van der Waals surface area contributed by atoms with Crippen LogP contribution in [0.3, 0.4) is 0 Å². The monoisotopic (exact) mass is 294 g/mol. The van der Waals surface area contributed by atoms with Crippen LogP contribution in [0.5, 0.6) is 5.75 Å². The molecule has 0 spiro atoms. The SMILES string of the molecule is CCOCCOCOc1ccc(C=CC(=O)OCC)cc1. The zero-order valence-electron chi connectivity index (χ0n) is 12.5. The molecule has 0 aromatic heterocycles. The summed E-state index contributed by atoms with van der Waals surface area (Å²) < 4.78 is 20.6. The van der Waals surface area contributed by atoms with Crippen LogP contribution >= 0.6 is 0 Å². The van der Waals surface area contributed by atoms with E-state index in [0.29, 0.717) is 32.2 Å². The molecule has 0 aliphatic rings. The molecule has 0 aliphatic heterocycles. The fourth-order valence-electron chi connectivity index (χ4n) is 1.46. The number of hydrogen-bond donors (Lipinski definition) is 0. The van der Waals surface area contributed by atoms with Crippen LogP contribution in [-0.2, 0) is 19.0 Å². The van der Waals surface area contributed by atoms with Gasteiger partial charge in [0.15, 0.2) is 6.79 Å². The van der Waals surface area contributed by atoms with Crippen LogP contribution in [0, 0.1) is 0 Å². The molecule has 0 atom stereocenters. The van der Waals surface area contributed by atoms with E-state index >= 15 is 0 Å². The topological polar surface area (TPSA) is 54.0 Å². The van der Waals surface area contributed by atoms with Gasteiger partial charge in [-0.25, -0.2) is 4.79 Å². The molecule has 1 rings (SSSR count). The summed E-state index contributed by atoms with van der Waals surface area (Å²) in [7, 11) is 0. The van der Waals surface area contributed by atoms with Crippen molar-refractivity contribution >= 4 is 12.0 Å². The Labute approximate surface area is 125 Å². The van der Waals surface area contributed by atoms with Gasteiger partial charge < -0.3 is 18.9 Å². The van der Waals surface area contributed by atoms with Gasteiger partial charge in [0.05, 0.1) is 19.8 Å². The molecule has 5 nitrogen and oxygen atoms in total. The Hall–Kier alpha value is -1.85. The van der Waals surface area contributed by atoms with Gasteiger partial charge in [-0.05, 0) is 37.6 Å². The maximum absolute atomic E-state index is 11.2. The van der Waals surface area contributed by atoms with Gasteiger partial charge in [0.1, 0.15) is 5.75 Å². The molecule has 0 heterocycles. The summed E-state index contributed by atoms with van der Waals surface area (Å²) in [4.78, 5) is 11.2. The highest BCUT2D eigenvalue weighted by Gasteiger charge is 1.96. The van der Waals surface area contributed by atoms with E-state index in [0.717, 1.165) is 5.56 Å². The van der Waals surface area contributed by atoms with Gasteiger partial charge in [-0.1, -0.05) is 12.1 Å². The van der Waals surface area contributed by atoms with E-state index in [4.69, 9.17) is 18.9 Å². The zero-order chi connectivity index (χ0) is 15.3. The molecule has 1 aromatic rings. The zero-order valence-corrected chi connectivity index (χ0v) is 12.5. The second kappa shape index (κ2) is 10.9. The van der Waals surface area contributed by atoms with Crippen molar-refractivity contribution in [3.8, 4) is 5.75 Å². The smallest absolute Gasteiger partial charge is 0.330 e. The predicted octanol–water partition coefficient (Wildman–Crippen LogP) is 2.65. The maximum atomic E-state index is 11.2. The van der Waals surface area contributed by atoms with Crippen LogP contribution in [0.2, 0.25) is 0 Å². The number of carbonyl (C=O) groups is 1. The first kappa shape index (κ1) is 17.2. The third-order valence-corrected chi connectivity index (χ3v) is 2.46. The van der Waals surface area contributed by atoms with Crippen LogP contribution in [0.15, 0.2) is 30.3 Å². The predicted molar refractivity (Wildman–Crippen MR) is 80.0 cm³/mol. The molecule has 0 aliphatic carbocycles. The van der Waals surface area contributed by atoms with Crippen molar-refractivity contribution in [1.82, 2.24) is 0 Å². The summed E-state index contributed by atoms with van der Waals surface area (Å²) in [5.74, 6) is 0.361. The fraction of sp³-hybridized carbons (Fsp3) is 0.438. The van der Waals surface area contributed by atoms with E-state index in [1.165, 1.54) is 6.08 Å². The van der Waals surface area contributed by atoms with Crippen LogP contribution in [0.1, 0.15) is 19.4 Å². The van der Waals surface area contributed by atoms with Crippen molar-refractivity contribution < 1.29 is 23.7 Å². The van der Waals surface area contributed by atoms with Gasteiger partial charge >= 0.3 is 5.97 Å². The number of carbonyl (C=O) groups excluding carboxylic acids is 1. The summed E-state index contributed by atoms with van der Waals surface area (Å²) in [5.41, 5.74) is 0.896. The molecule has 1 aromatic carbocycles. The normalized spacial score (nSPS) is 10.8. The van der Waals surface area contributed by atoms with Gasteiger partial charge in [-0.15, -0.1) is 0 Å². The number of benzene rings is 1. The first-order valence-electron chi connectivity index (χ1n) is 6.99. The number of ether oxygens (including phenoxy) is 4. The number of hydrogen-bond acceptors (Lipinski definition) is 5. The van der Waals surface area contributed by atoms with E-state index in [2.05, 4.69) is 0 Å². The van der Waals surface area contributed by atoms with Crippen molar-refractivity contribution in [3.05, 3.63) is 35.9 Å². The second-order valence-corrected chi connectivity index (χ2v) is 4.02. The molecule has 0 saturated carbocycles. The minimum absolute atomic E-state index is 0.186. The summed E-state index contributed by atoms with van der Waals surface area (Å²) in [5, 5.41) is 0. The maximum Gasteiger partial charge on any atom is 0.330 e. The molecule has 0 saturated heterocycles. The Morgan fingerprint density at radius 2 is 1.76 bits per heavy atom. The molecule has 116 valence electrons. The highest BCUT2D eigenvalue weighted by Crippen LogP contribution is 2.13. The molecule has 0 bridgehead atoms. The van der Waals surface area contributed by atoms with Gasteiger partial charge in [0.2, 0.25) is 0 Å². The lowest BCUT2D eigenvalue weighted by Crippen LogP contribution is -2.08. The van der Waals surface area contributed by atoms with Gasteiger partial charge in [-0.2, -0.15) is 0 Å². The summed E-state index contributed by atoms with van der Waals surface area (Å²) in [6.45, 7) is 6.03. The largest absolute Gasteiger partial charge is 0.468 e. The van der Waals surface area contributed by atoms with Gasteiger partial charge in [-0.3, -0.25) is 0 Å². The van der Waals surface area contributed by atoms with Crippen LogP contribution in [-0.4, -0.2) is 39.2 Å².